The van der Waals surface area contributed by atoms with E-state index in [0.29, 0.717) is 6.54 Å². The Hall–Kier alpha value is -0.246. The average molecular weight is 366 g/mol. The number of halogens is 3. The van der Waals surface area contributed by atoms with Crippen LogP contribution in [0.4, 0.5) is 5.69 Å². The normalized spacial score (nSPS) is 9.45. The number of hydrogen-bond donors (Lipinski definition) is 0. The topological polar surface area (TPSA) is 27.0 Å². The molecule has 0 amide bonds. The summed E-state index contributed by atoms with van der Waals surface area (Å²) >= 11 is -1.92. The van der Waals surface area contributed by atoms with E-state index in [1.807, 2.05) is 18.2 Å². The minimum absolute atomic E-state index is 0.645. The molecule has 0 atom stereocenters. The van der Waals surface area contributed by atoms with Gasteiger partial charge in [0.05, 0.1) is 0 Å². The molecule has 0 bridgehead atoms. The molecule has 0 aliphatic rings. The van der Waals surface area contributed by atoms with Crippen LogP contribution in [0.15, 0.2) is 42.6 Å². The summed E-state index contributed by atoms with van der Waals surface area (Å²) < 4.78 is 0. The van der Waals surface area contributed by atoms with Gasteiger partial charge in [-0.15, -0.1) is 5.69 Å². The molecule has 0 N–H and O–H groups in total. The van der Waals surface area contributed by atoms with Crippen LogP contribution in [0.5, 0.6) is 0 Å². The molecule has 0 saturated heterocycles. The van der Waals surface area contributed by atoms with E-state index >= 15 is 0 Å². The molecule has 0 fully saturated rings. The molecule has 0 saturated carbocycles. The van der Waals surface area contributed by atoms with Crippen LogP contribution >= 0.6 is 27.9 Å². The molecule has 0 spiro atoms. The zero-order valence-electron chi connectivity index (χ0n) is 11.3. The van der Waals surface area contributed by atoms with Crippen LogP contribution < -0.4 is 0 Å². The summed E-state index contributed by atoms with van der Waals surface area (Å²) in [6.45, 7) is 4.82. The second kappa shape index (κ2) is 9.65. The van der Waals surface area contributed by atoms with Crippen molar-refractivity contribution in [3.63, 3.8) is 0 Å². The first kappa shape index (κ1) is 17.8. The van der Waals surface area contributed by atoms with Crippen molar-refractivity contribution in [2.75, 3.05) is 0 Å². The van der Waals surface area contributed by atoms with Gasteiger partial charge in [0.1, 0.15) is 0 Å². The minimum atomic E-state index is -1.92. The van der Waals surface area contributed by atoms with Crippen LogP contribution in [0.2, 0.25) is 0 Å². The SMILES string of the molecule is Cc1cccc(C)c1[N-]Cc1ccccn1.[Cl][Ti+]([Cl])[Cl]. The van der Waals surface area contributed by atoms with Gasteiger partial charge >= 0.3 is 42.6 Å². The van der Waals surface area contributed by atoms with E-state index < -0.39 is 14.7 Å². The van der Waals surface area contributed by atoms with E-state index in [-0.39, 0.29) is 0 Å². The van der Waals surface area contributed by atoms with Crippen LogP contribution in [0.25, 0.3) is 5.32 Å². The summed E-state index contributed by atoms with van der Waals surface area (Å²) in [5.74, 6) is 0. The monoisotopic (exact) mass is 364 g/mol. The number of aromatic nitrogens is 1. The van der Waals surface area contributed by atoms with Gasteiger partial charge in [-0.25, -0.2) is 0 Å². The molecular weight excluding hydrogens is 350 g/mol. The molecule has 1 aromatic carbocycles. The van der Waals surface area contributed by atoms with E-state index in [1.165, 1.54) is 11.1 Å². The summed E-state index contributed by atoms with van der Waals surface area (Å²) in [4.78, 5) is 4.26. The zero-order valence-corrected chi connectivity index (χ0v) is 15.1. The van der Waals surface area contributed by atoms with E-state index in [4.69, 9.17) is 27.9 Å². The Bertz CT molecular complexity index is 498. The van der Waals surface area contributed by atoms with Crippen LogP contribution in [0, 0.1) is 13.8 Å². The number of hydrogen-bond acceptors (Lipinski definition) is 1. The van der Waals surface area contributed by atoms with Crippen molar-refractivity contribution in [3.8, 4) is 0 Å². The van der Waals surface area contributed by atoms with Crippen LogP contribution in [-0.4, -0.2) is 4.98 Å². The van der Waals surface area contributed by atoms with Crippen molar-refractivity contribution >= 4 is 33.6 Å². The van der Waals surface area contributed by atoms with Gasteiger partial charge in [0.25, 0.3) is 0 Å². The Labute approximate surface area is 137 Å². The van der Waals surface area contributed by atoms with Crippen molar-refractivity contribution in [2.24, 2.45) is 0 Å². The predicted molar refractivity (Wildman–Crippen MR) is 84.4 cm³/mol. The number of aryl methyl sites for hydroxylation is 2. The number of pyridine rings is 1. The number of nitrogens with zero attached hydrogens (tertiary/aromatic N) is 2. The van der Waals surface area contributed by atoms with Crippen LogP contribution in [-0.2, 0) is 21.2 Å². The summed E-state index contributed by atoms with van der Waals surface area (Å²) in [6, 6.07) is 12.1. The van der Waals surface area contributed by atoms with Crippen LogP contribution in [0.1, 0.15) is 16.8 Å². The van der Waals surface area contributed by atoms with E-state index in [0.717, 1.165) is 11.4 Å². The summed E-state index contributed by atoms with van der Waals surface area (Å²) in [7, 11) is 14.9. The Morgan fingerprint density at radius 1 is 1.00 bits per heavy atom. The van der Waals surface area contributed by atoms with Crippen molar-refractivity contribution < 1.29 is 14.7 Å². The first-order valence-electron chi connectivity index (χ1n) is 5.97. The average Bonchev–Trinajstić information content (AvgIpc) is 2.39. The van der Waals surface area contributed by atoms with Gasteiger partial charge in [0.15, 0.2) is 0 Å². The molecule has 2 rings (SSSR count). The molecule has 0 unspecified atom stereocenters. The van der Waals surface area contributed by atoms with Gasteiger partial charge in [-0.1, -0.05) is 41.9 Å². The van der Waals surface area contributed by atoms with Crippen molar-refractivity contribution in [3.05, 3.63) is 64.7 Å². The Kier molecular flexibility index (Phi) is 8.59. The third-order valence-corrected chi connectivity index (χ3v) is 2.56. The summed E-state index contributed by atoms with van der Waals surface area (Å²) in [6.07, 6.45) is 1.80. The quantitative estimate of drug-likeness (QED) is 0.616. The van der Waals surface area contributed by atoms with E-state index in [9.17, 15) is 0 Å². The van der Waals surface area contributed by atoms with Crippen molar-refractivity contribution in [1.29, 1.82) is 0 Å². The first-order valence-corrected chi connectivity index (χ1v) is 12.4. The Balaban J connectivity index is 0.000000444. The van der Waals surface area contributed by atoms with Gasteiger partial charge in [-0.05, 0) is 26.0 Å². The molecule has 0 aliphatic carbocycles. The van der Waals surface area contributed by atoms with Gasteiger partial charge in [-0.3, -0.25) is 4.98 Å². The molecular formula is C14H15Cl3N2Ti. The second-order valence-corrected chi connectivity index (χ2v) is 11.8. The fourth-order valence-electron chi connectivity index (χ4n) is 1.71. The fourth-order valence-corrected chi connectivity index (χ4v) is 1.71. The van der Waals surface area contributed by atoms with E-state index in [1.54, 1.807) is 6.20 Å². The second-order valence-electron chi connectivity index (χ2n) is 4.09. The maximum atomic E-state index is 4.97. The molecule has 0 radical (unpaired) electrons. The predicted octanol–water partition coefficient (Wildman–Crippen LogP) is 5.97. The molecule has 1 heterocycles. The standard InChI is InChI=1S/C14H15N2.3ClH.Ti/c1-11-6-5-7-12(2)14(11)16-10-13-8-3-4-9-15-13;;;;/h3-9H,10H2,1-2H3;3*1H;/q-1;;;;+4/p-3. The molecule has 20 heavy (non-hydrogen) atoms. The third-order valence-electron chi connectivity index (χ3n) is 2.56. The Morgan fingerprint density at radius 2 is 1.60 bits per heavy atom. The fraction of sp³-hybridized carbons (Fsp3) is 0.214. The van der Waals surface area contributed by atoms with Gasteiger partial charge in [0.2, 0.25) is 0 Å². The summed E-state index contributed by atoms with van der Waals surface area (Å²) in [5.41, 5.74) is 4.53. The van der Waals surface area contributed by atoms with Gasteiger partial charge < -0.3 is 5.32 Å². The number of rotatable bonds is 3. The molecule has 2 aromatic rings. The summed E-state index contributed by atoms with van der Waals surface area (Å²) in [5, 5.41) is 4.61. The maximum absolute atomic E-state index is 4.97. The number of para-hydroxylation sites is 1. The first-order chi connectivity index (χ1) is 9.50. The van der Waals surface area contributed by atoms with Crippen molar-refractivity contribution in [2.45, 2.75) is 20.4 Å². The third kappa shape index (κ3) is 6.96. The van der Waals surface area contributed by atoms with Crippen molar-refractivity contribution in [1.82, 2.24) is 4.98 Å². The van der Waals surface area contributed by atoms with Gasteiger partial charge in [0, 0.05) is 11.9 Å². The number of benzene rings is 1. The van der Waals surface area contributed by atoms with E-state index in [2.05, 4.69) is 42.3 Å². The molecule has 2 nitrogen and oxygen atoms in total. The molecule has 6 heteroatoms. The molecule has 1 aromatic heterocycles. The molecule has 106 valence electrons. The van der Waals surface area contributed by atoms with Gasteiger partial charge in [-0.2, -0.15) is 0 Å². The van der Waals surface area contributed by atoms with Crippen LogP contribution in [0.3, 0.4) is 0 Å². The molecule has 0 aliphatic heterocycles. The zero-order chi connectivity index (χ0) is 15.0. The Morgan fingerprint density at radius 3 is 2.10 bits per heavy atom.